The van der Waals surface area contributed by atoms with E-state index in [4.69, 9.17) is 4.42 Å². The van der Waals surface area contributed by atoms with Gasteiger partial charge in [0.15, 0.2) is 0 Å². The van der Waals surface area contributed by atoms with Crippen LogP contribution in [0.2, 0.25) is 0 Å². The first-order valence-electron chi connectivity index (χ1n) is 14.4. The van der Waals surface area contributed by atoms with Gasteiger partial charge in [0.1, 0.15) is 11.2 Å². The molecule has 9 aromatic rings. The van der Waals surface area contributed by atoms with Gasteiger partial charge in [-0.05, 0) is 81.6 Å². The molecule has 2 heterocycles. The van der Waals surface area contributed by atoms with Crippen LogP contribution in [0.4, 0.5) is 0 Å². The third-order valence-electron chi connectivity index (χ3n) is 8.54. The highest BCUT2D eigenvalue weighted by molar-refractivity contribution is 6.24. The van der Waals surface area contributed by atoms with Gasteiger partial charge in [-0.2, -0.15) is 0 Å². The lowest BCUT2D eigenvalue weighted by Gasteiger charge is -2.14. The molecule has 0 aliphatic heterocycles. The monoisotopic (exact) mass is 535 g/mol. The molecule has 0 fully saturated rings. The number of para-hydroxylation sites is 2. The van der Waals surface area contributed by atoms with Crippen molar-refractivity contribution < 1.29 is 4.42 Å². The van der Waals surface area contributed by atoms with Crippen molar-refractivity contribution in [3.8, 4) is 27.9 Å². The largest absolute Gasteiger partial charge is 0.456 e. The summed E-state index contributed by atoms with van der Waals surface area (Å²) in [6.45, 7) is 0. The van der Waals surface area contributed by atoms with Crippen LogP contribution in [0.3, 0.4) is 0 Å². The summed E-state index contributed by atoms with van der Waals surface area (Å²) < 4.78 is 8.67. The first-order valence-corrected chi connectivity index (χ1v) is 14.4. The van der Waals surface area contributed by atoms with Crippen LogP contribution < -0.4 is 0 Å². The van der Waals surface area contributed by atoms with Crippen LogP contribution in [0.5, 0.6) is 0 Å². The summed E-state index contributed by atoms with van der Waals surface area (Å²) in [5.41, 5.74) is 10.2. The van der Waals surface area contributed by atoms with Crippen molar-refractivity contribution in [1.82, 2.24) is 4.57 Å². The topological polar surface area (TPSA) is 18.1 Å². The molecule has 9 rings (SSSR count). The molecule has 0 unspecified atom stereocenters. The lowest BCUT2D eigenvalue weighted by molar-refractivity contribution is 0.669. The molecule has 0 aliphatic rings. The third kappa shape index (κ3) is 3.45. The fourth-order valence-electron chi connectivity index (χ4n) is 6.62. The van der Waals surface area contributed by atoms with Gasteiger partial charge in [0, 0.05) is 27.2 Å². The van der Waals surface area contributed by atoms with Crippen molar-refractivity contribution in [1.29, 1.82) is 0 Å². The number of aromatic nitrogens is 1. The number of furan rings is 1. The fourth-order valence-corrected chi connectivity index (χ4v) is 6.62. The van der Waals surface area contributed by atoms with Gasteiger partial charge in [0.2, 0.25) is 0 Å². The molecule has 0 radical (unpaired) electrons. The zero-order chi connectivity index (χ0) is 27.6. The van der Waals surface area contributed by atoms with Gasteiger partial charge in [-0.25, -0.2) is 0 Å². The van der Waals surface area contributed by atoms with Crippen LogP contribution >= 0.6 is 0 Å². The highest BCUT2D eigenvalue weighted by Crippen LogP contribution is 2.41. The molecular formula is C40H25NO. The summed E-state index contributed by atoms with van der Waals surface area (Å²) in [6, 6.07) is 54.4. The van der Waals surface area contributed by atoms with Crippen LogP contribution in [0, 0.1) is 0 Å². The molecule has 0 atom stereocenters. The minimum Gasteiger partial charge on any atom is -0.456 e. The minimum atomic E-state index is 0.924. The van der Waals surface area contributed by atoms with E-state index in [-0.39, 0.29) is 0 Å². The normalized spacial score (nSPS) is 11.8. The van der Waals surface area contributed by atoms with E-state index < -0.39 is 0 Å². The predicted molar refractivity (Wildman–Crippen MR) is 176 cm³/mol. The number of rotatable bonds is 3. The maximum atomic E-state index is 6.24. The lowest BCUT2D eigenvalue weighted by atomic mass is 9.98. The molecule has 7 aromatic carbocycles. The predicted octanol–water partition coefficient (Wildman–Crippen LogP) is 11.2. The Bertz CT molecular complexity index is 2390. The van der Waals surface area contributed by atoms with Crippen LogP contribution in [-0.2, 0) is 0 Å². The summed E-state index contributed by atoms with van der Waals surface area (Å²) in [5.74, 6) is 0. The van der Waals surface area contributed by atoms with Crippen LogP contribution in [0.1, 0.15) is 0 Å². The number of fused-ring (bicyclic) bond motifs is 8. The molecule has 0 N–H and O–H groups in total. The molecule has 0 aliphatic carbocycles. The van der Waals surface area contributed by atoms with Gasteiger partial charge in [0.05, 0.1) is 11.0 Å². The minimum absolute atomic E-state index is 0.924. The molecular weight excluding hydrogens is 510 g/mol. The molecule has 0 amide bonds. The maximum absolute atomic E-state index is 6.24. The SMILES string of the molecule is c1ccc(-c2cc(-c3ccccc3)cc(-n3c4ccccc4c4c5cc6c(cc5ccc43)oc3ccccc36)c2)cc1. The van der Waals surface area contributed by atoms with Gasteiger partial charge in [-0.15, -0.1) is 0 Å². The third-order valence-corrected chi connectivity index (χ3v) is 8.54. The summed E-state index contributed by atoms with van der Waals surface area (Å²) in [5, 5.41) is 7.24. The Kier molecular flexibility index (Phi) is 4.93. The summed E-state index contributed by atoms with van der Waals surface area (Å²) in [6.07, 6.45) is 0. The fraction of sp³-hybridized carbons (Fsp3) is 0. The number of benzene rings is 7. The van der Waals surface area contributed by atoms with Crippen LogP contribution in [0.25, 0.3) is 82.5 Å². The first kappa shape index (κ1) is 23.1. The van der Waals surface area contributed by atoms with E-state index in [0.29, 0.717) is 0 Å². The van der Waals surface area contributed by atoms with E-state index in [1.54, 1.807) is 0 Å². The summed E-state index contributed by atoms with van der Waals surface area (Å²) in [4.78, 5) is 0. The average Bonchev–Trinajstić information content (AvgIpc) is 3.59. The Morgan fingerprint density at radius 3 is 1.76 bits per heavy atom. The highest BCUT2D eigenvalue weighted by Gasteiger charge is 2.18. The van der Waals surface area contributed by atoms with Gasteiger partial charge in [0.25, 0.3) is 0 Å². The average molecular weight is 536 g/mol. The van der Waals surface area contributed by atoms with E-state index >= 15 is 0 Å². The molecule has 2 aromatic heterocycles. The standard InChI is InChI=1S/C40H25NO/c1-3-11-26(12-4-1)29-21-30(27-13-5-2-6-14-27)23-31(22-29)41-36-17-9-7-16-33(36)40-34-25-35-32-15-8-10-18-38(32)42-39(35)24-28(34)19-20-37(40)41/h1-25H. The van der Waals surface area contributed by atoms with Crippen molar-refractivity contribution >= 4 is 54.5 Å². The number of nitrogens with zero attached hydrogens (tertiary/aromatic N) is 1. The molecule has 0 saturated heterocycles. The first-order chi connectivity index (χ1) is 20.8. The lowest BCUT2D eigenvalue weighted by Crippen LogP contribution is -1.96. The molecule has 0 spiro atoms. The summed E-state index contributed by atoms with van der Waals surface area (Å²) >= 11 is 0. The molecule has 0 saturated carbocycles. The van der Waals surface area contributed by atoms with E-state index in [0.717, 1.165) is 27.6 Å². The second-order valence-electron chi connectivity index (χ2n) is 11.0. The van der Waals surface area contributed by atoms with E-state index in [1.807, 2.05) is 12.1 Å². The van der Waals surface area contributed by atoms with E-state index in [9.17, 15) is 0 Å². The van der Waals surface area contributed by atoms with E-state index in [2.05, 4.69) is 144 Å². The molecule has 0 bridgehead atoms. The molecule has 2 heteroatoms. The number of hydrogen-bond acceptors (Lipinski definition) is 1. The summed E-state index contributed by atoms with van der Waals surface area (Å²) in [7, 11) is 0. The highest BCUT2D eigenvalue weighted by atomic mass is 16.3. The van der Waals surface area contributed by atoms with Crippen molar-refractivity contribution in [3.63, 3.8) is 0 Å². The molecule has 42 heavy (non-hydrogen) atoms. The van der Waals surface area contributed by atoms with Crippen molar-refractivity contribution in [2.24, 2.45) is 0 Å². The number of hydrogen-bond donors (Lipinski definition) is 0. The van der Waals surface area contributed by atoms with Gasteiger partial charge in [-0.1, -0.05) is 103 Å². The van der Waals surface area contributed by atoms with Gasteiger partial charge >= 0.3 is 0 Å². The Morgan fingerprint density at radius 1 is 0.381 bits per heavy atom. The van der Waals surface area contributed by atoms with Crippen molar-refractivity contribution in [3.05, 3.63) is 152 Å². The Morgan fingerprint density at radius 2 is 1.02 bits per heavy atom. The smallest absolute Gasteiger partial charge is 0.136 e. The van der Waals surface area contributed by atoms with Gasteiger partial charge < -0.3 is 8.98 Å². The molecule has 2 nitrogen and oxygen atoms in total. The van der Waals surface area contributed by atoms with Crippen molar-refractivity contribution in [2.45, 2.75) is 0 Å². The van der Waals surface area contributed by atoms with Crippen molar-refractivity contribution in [2.75, 3.05) is 0 Å². The Hall–Kier alpha value is -5.60. The maximum Gasteiger partial charge on any atom is 0.136 e. The zero-order valence-corrected chi connectivity index (χ0v) is 22.8. The van der Waals surface area contributed by atoms with Gasteiger partial charge in [-0.3, -0.25) is 0 Å². The van der Waals surface area contributed by atoms with Crippen LogP contribution in [0.15, 0.2) is 156 Å². The Labute approximate surface area is 242 Å². The molecule has 196 valence electrons. The quantitative estimate of drug-likeness (QED) is 0.220. The second-order valence-corrected chi connectivity index (χ2v) is 11.0. The second kappa shape index (κ2) is 8.95. The zero-order valence-electron chi connectivity index (χ0n) is 22.8. The van der Waals surface area contributed by atoms with Crippen LogP contribution in [-0.4, -0.2) is 4.57 Å². The van der Waals surface area contributed by atoms with E-state index in [1.165, 1.54) is 54.8 Å². The Balaban J connectivity index is 1.39.